The molecule has 38 heavy (non-hydrogen) atoms. The fourth-order valence-corrected chi connectivity index (χ4v) is 5.28. The third-order valence-corrected chi connectivity index (χ3v) is 11.5. The Labute approximate surface area is 228 Å². The quantitative estimate of drug-likeness (QED) is 0.297. The lowest BCUT2D eigenvalue weighted by Gasteiger charge is -2.42. The van der Waals surface area contributed by atoms with Gasteiger partial charge >= 0.3 is 12.1 Å². The third-order valence-electron chi connectivity index (χ3n) is 6.96. The number of rotatable bonds is 11. The van der Waals surface area contributed by atoms with Crippen LogP contribution in [0, 0.1) is 11.7 Å². The fourth-order valence-electron chi connectivity index (χ4n) is 3.91. The first-order valence-corrected chi connectivity index (χ1v) is 16.1. The number of carboxylic acids is 1. The van der Waals surface area contributed by atoms with E-state index >= 15 is 0 Å². The highest BCUT2D eigenvalue weighted by Gasteiger charge is 2.42. The van der Waals surface area contributed by atoms with E-state index in [0.29, 0.717) is 6.42 Å². The van der Waals surface area contributed by atoms with Crippen LogP contribution in [-0.2, 0) is 26.8 Å². The molecule has 2 rings (SSSR count). The van der Waals surface area contributed by atoms with E-state index in [-0.39, 0.29) is 23.7 Å². The van der Waals surface area contributed by atoms with Crippen LogP contribution in [0.15, 0.2) is 54.6 Å². The number of carboxylic acid groups (broad SMARTS) is 1. The number of hydrogen-bond donors (Lipinski definition) is 2. The molecule has 0 radical (unpaired) electrons. The van der Waals surface area contributed by atoms with E-state index in [1.54, 1.807) is 32.9 Å². The Kier molecular flexibility index (Phi) is 10.7. The molecule has 3 atom stereocenters. The number of halogens is 1. The highest BCUT2D eigenvalue weighted by molar-refractivity contribution is 6.74. The van der Waals surface area contributed by atoms with Crippen LogP contribution in [0.3, 0.4) is 0 Å². The maximum Gasteiger partial charge on any atom is 0.407 e. The van der Waals surface area contributed by atoms with Crippen LogP contribution in [0.4, 0.5) is 9.18 Å². The minimum atomic E-state index is -2.38. The fraction of sp³-hybridized carbons (Fsp3) is 0.533. The molecule has 0 bridgehead atoms. The van der Waals surface area contributed by atoms with Crippen LogP contribution in [0.25, 0.3) is 0 Å². The zero-order valence-electron chi connectivity index (χ0n) is 24.0. The summed E-state index contributed by atoms with van der Waals surface area (Å²) in [6.07, 6.45) is -0.329. The molecule has 8 heteroatoms. The molecule has 0 saturated heterocycles. The summed E-state index contributed by atoms with van der Waals surface area (Å²) in [4.78, 5) is 25.4. The number of hydrogen-bond acceptors (Lipinski definition) is 4. The molecule has 2 aromatic rings. The van der Waals surface area contributed by atoms with E-state index in [2.05, 4.69) is 39.2 Å². The SMILES string of the molecule is CC(C)(C)OC(=O)N[C@@H](Cc1ccccc1)[C@H](C[C@@H](Cc1ccc(F)cc1)C(=O)O)O[Si](C)(C)C(C)(C)C. The topological polar surface area (TPSA) is 84.9 Å². The predicted molar refractivity (Wildman–Crippen MR) is 151 cm³/mol. The van der Waals surface area contributed by atoms with Gasteiger partial charge in [0, 0.05) is 0 Å². The molecule has 0 spiro atoms. The average molecular weight is 546 g/mol. The molecule has 210 valence electrons. The normalized spacial score (nSPS) is 14.9. The van der Waals surface area contributed by atoms with Crippen LogP contribution in [0.5, 0.6) is 0 Å². The molecule has 0 aliphatic carbocycles. The predicted octanol–water partition coefficient (Wildman–Crippen LogP) is 6.99. The molecule has 2 aromatic carbocycles. The lowest BCUT2D eigenvalue weighted by Crippen LogP contribution is -2.54. The Morgan fingerprint density at radius 2 is 1.47 bits per heavy atom. The molecule has 1 amide bonds. The van der Waals surface area contributed by atoms with E-state index < -0.39 is 44.0 Å². The standard InChI is InChI=1S/C30H44FNO5Si/c1-29(2,3)36-28(35)32-25(19-21-12-10-9-11-13-21)26(37-38(7,8)30(4,5)6)20-23(27(33)34)18-22-14-16-24(31)17-15-22/h9-17,23,25-26H,18-20H2,1-8H3,(H,32,35)(H,33,34)/t23-,25+,26+/m1/s1. The van der Waals surface area contributed by atoms with E-state index in [1.165, 1.54) is 12.1 Å². The zero-order valence-corrected chi connectivity index (χ0v) is 25.0. The summed E-state index contributed by atoms with van der Waals surface area (Å²) in [7, 11) is -2.38. The van der Waals surface area contributed by atoms with Crippen LogP contribution < -0.4 is 5.32 Å². The number of carbonyl (C=O) groups is 2. The minimum Gasteiger partial charge on any atom is -0.481 e. The average Bonchev–Trinajstić information content (AvgIpc) is 2.77. The summed E-state index contributed by atoms with van der Waals surface area (Å²) >= 11 is 0. The van der Waals surface area contributed by atoms with Crippen molar-refractivity contribution in [2.75, 3.05) is 0 Å². The van der Waals surface area contributed by atoms with Gasteiger partial charge in [-0.3, -0.25) is 4.79 Å². The summed E-state index contributed by atoms with van der Waals surface area (Å²) in [6, 6.07) is 15.1. The summed E-state index contributed by atoms with van der Waals surface area (Å²) in [5, 5.41) is 13.0. The lowest BCUT2D eigenvalue weighted by atomic mass is 9.89. The van der Waals surface area contributed by atoms with Crippen LogP contribution in [0.2, 0.25) is 18.1 Å². The zero-order chi connectivity index (χ0) is 28.7. The molecule has 0 heterocycles. The monoisotopic (exact) mass is 545 g/mol. The van der Waals surface area contributed by atoms with Crippen LogP contribution >= 0.6 is 0 Å². The van der Waals surface area contributed by atoms with Crippen molar-refractivity contribution in [1.82, 2.24) is 5.32 Å². The Bertz CT molecular complexity index is 1050. The molecule has 0 aliphatic heterocycles. The van der Waals surface area contributed by atoms with E-state index in [4.69, 9.17) is 9.16 Å². The first-order valence-electron chi connectivity index (χ1n) is 13.2. The van der Waals surface area contributed by atoms with Crippen molar-refractivity contribution in [3.8, 4) is 0 Å². The van der Waals surface area contributed by atoms with Gasteiger partial charge in [-0.2, -0.15) is 0 Å². The number of aliphatic carboxylic acids is 1. The lowest BCUT2D eigenvalue weighted by molar-refractivity contribution is -0.142. The molecule has 0 unspecified atom stereocenters. The van der Waals surface area contributed by atoms with Gasteiger partial charge in [0.05, 0.1) is 18.1 Å². The van der Waals surface area contributed by atoms with Gasteiger partial charge in [0.25, 0.3) is 0 Å². The van der Waals surface area contributed by atoms with Crippen molar-refractivity contribution in [1.29, 1.82) is 0 Å². The molecule has 0 saturated carbocycles. The van der Waals surface area contributed by atoms with Crippen molar-refractivity contribution >= 4 is 20.4 Å². The molecule has 6 nitrogen and oxygen atoms in total. The van der Waals surface area contributed by atoms with Gasteiger partial charge in [0.1, 0.15) is 11.4 Å². The second-order valence-corrected chi connectivity index (χ2v) is 17.2. The Hall–Kier alpha value is -2.71. The first-order chi connectivity index (χ1) is 17.5. The minimum absolute atomic E-state index is 0.135. The smallest absolute Gasteiger partial charge is 0.407 e. The molecule has 0 fully saturated rings. The van der Waals surface area contributed by atoms with Crippen LogP contribution in [-0.4, -0.2) is 43.2 Å². The Morgan fingerprint density at radius 1 is 0.921 bits per heavy atom. The molecular weight excluding hydrogens is 501 g/mol. The van der Waals surface area contributed by atoms with E-state index in [1.807, 2.05) is 30.3 Å². The summed E-state index contributed by atoms with van der Waals surface area (Å²) < 4.78 is 25.9. The van der Waals surface area contributed by atoms with Crippen molar-refractivity contribution in [2.45, 2.75) is 96.7 Å². The van der Waals surface area contributed by atoms with Gasteiger partial charge in [0.15, 0.2) is 8.32 Å². The second kappa shape index (κ2) is 12.9. The van der Waals surface area contributed by atoms with Crippen molar-refractivity contribution in [2.24, 2.45) is 5.92 Å². The summed E-state index contributed by atoms with van der Waals surface area (Å²) in [5.41, 5.74) is 1.02. The molecule has 0 aliphatic rings. The number of alkyl carbamates (subject to hydrolysis) is 1. The van der Waals surface area contributed by atoms with Crippen molar-refractivity contribution in [3.05, 3.63) is 71.5 Å². The number of carbonyl (C=O) groups excluding carboxylic acids is 1. The number of ether oxygens (including phenoxy) is 1. The van der Waals surface area contributed by atoms with Gasteiger partial charge in [0.2, 0.25) is 0 Å². The number of nitrogens with one attached hydrogen (secondary N) is 1. The maximum absolute atomic E-state index is 13.5. The van der Waals surface area contributed by atoms with Gasteiger partial charge in [-0.05, 0) is 81.4 Å². The highest BCUT2D eigenvalue weighted by atomic mass is 28.4. The number of benzene rings is 2. The van der Waals surface area contributed by atoms with E-state index in [0.717, 1.165) is 11.1 Å². The first kappa shape index (κ1) is 31.5. The number of amides is 1. The van der Waals surface area contributed by atoms with E-state index in [9.17, 15) is 19.1 Å². The highest BCUT2D eigenvalue weighted by Crippen LogP contribution is 2.39. The van der Waals surface area contributed by atoms with Crippen molar-refractivity contribution in [3.63, 3.8) is 0 Å². The maximum atomic E-state index is 13.5. The third kappa shape index (κ3) is 10.2. The van der Waals surface area contributed by atoms with Gasteiger partial charge in [-0.25, -0.2) is 9.18 Å². The second-order valence-electron chi connectivity index (χ2n) is 12.5. The van der Waals surface area contributed by atoms with Gasteiger partial charge in [-0.1, -0.05) is 63.2 Å². The van der Waals surface area contributed by atoms with Crippen LogP contribution in [0.1, 0.15) is 59.1 Å². The summed E-state index contributed by atoms with van der Waals surface area (Å²) in [5.74, 6) is -2.13. The Morgan fingerprint density at radius 3 is 1.97 bits per heavy atom. The Balaban J connectivity index is 2.47. The molecular formula is C30H44FNO5Si. The molecule has 2 N–H and O–H groups in total. The van der Waals surface area contributed by atoms with Crippen molar-refractivity contribution < 1.29 is 28.2 Å². The summed E-state index contributed by atoms with van der Waals surface area (Å²) in [6.45, 7) is 16.0. The largest absolute Gasteiger partial charge is 0.481 e. The van der Waals surface area contributed by atoms with Gasteiger partial charge in [-0.15, -0.1) is 0 Å². The molecule has 0 aromatic heterocycles. The van der Waals surface area contributed by atoms with Gasteiger partial charge < -0.3 is 19.6 Å².